The second-order valence-electron chi connectivity index (χ2n) is 7.01. The number of hydrogen-bond acceptors (Lipinski definition) is 7. The van der Waals surface area contributed by atoms with Crippen molar-refractivity contribution in [1.29, 1.82) is 0 Å². The van der Waals surface area contributed by atoms with E-state index in [1.165, 1.54) is 4.31 Å². The molecule has 9 heteroatoms. The summed E-state index contributed by atoms with van der Waals surface area (Å²) in [6.45, 7) is 0.927. The molecule has 0 amide bonds. The van der Waals surface area contributed by atoms with Crippen LogP contribution in [0.4, 0.5) is 0 Å². The van der Waals surface area contributed by atoms with E-state index in [4.69, 9.17) is 13.9 Å². The highest BCUT2D eigenvalue weighted by molar-refractivity contribution is 7.89. The van der Waals surface area contributed by atoms with Crippen LogP contribution in [0.15, 0.2) is 63.9 Å². The molecule has 3 aromatic rings. The van der Waals surface area contributed by atoms with E-state index in [2.05, 4.69) is 10.2 Å². The van der Waals surface area contributed by atoms with Gasteiger partial charge in [0.2, 0.25) is 15.9 Å². The van der Waals surface area contributed by atoms with Crippen LogP contribution in [0.3, 0.4) is 0 Å². The quantitative estimate of drug-likeness (QED) is 0.569. The zero-order valence-corrected chi connectivity index (χ0v) is 17.4. The van der Waals surface area contributed by atoms with Crippen molar-refractivity contribution in [3.63, 3.8) is 0 Å². The number of aromatic nitrogens is 2. The Balaban J connectivity index is 1.43. The Morgan fingerprint density at radius 1 is 1.07 bits per heavy atom. The summed E-state index contributed by atoms with van der Waals surface area (Å²) in [7, 11) is -2.06. The summed E-state index contributed by atoms with van der Waals surface area (Å²) in [6, 6.07) is 15.8. The van der Waals surface area contributed by atoms with E-state index in [-0.39, 0.29) is 17.4 Å². The molecule has 158 valence electrons. The average Bonchev–Trinajstić information content (AvgIpc) is 3.28. The van der Waals surface area contributed by atoms with Crippen molar-refractivity contribution in [2.24, 2.45) is 0 Å². The molecule has 0 spiro atoms. The predicted molar refractivity (Wildman–Crippen MR) is 109 cm³/mol. The third kappa shape index (κ3) is 4.47. The fraction of sp³-hybridized carbons (Fsp3) is 0.333. The number of methoxy groups -OCH3 is 1. The van der Waals surface area contributed by atoms with E-state index < -0.39 is 10.0 Å². The van der Waals surface area contributed by atoms with Gasteiger partial charge in [-0.3, -0.25) is 0 Å². The van der Waals surface area contributed by atoms with Gasteiger partial charge in [0, 0.05) is 13.1 Å². The molecule has 0 aliphatic carbocycles. The van der Waals surface area contributed by atoms with Crippen molar-refractivity contribution in [3.05, 3.63) is 66.4 Å². The molecule has 1 atom stereocenters. The second-order valence-corrected chi connectivity index (χ2v) is 8.95. The monoisotopic (exact) mass is 429 g/mol. The third-order valence-corrected chi connectivity index (χ3v) is 6.90. The summed E-state index contributed by atoms with van der Waals surface area (Å²) in [5.41, 5.74) is 0. The fourth-order valence-electron chi connectivity index (χ4n) is 3.41. The lowest BCUT2D eigenvalue weighted by atomic mass is 10.00. The number of benzene rings is 2. The summed E-state index contributed by atoms with van der Waals surface area (Å²) in [6.07, 6.45) is 1.51. The molecule has 2 heterocycles. The zero-order valence-electron chi connectivity index (χ0n) is 16.6. The van der Waals surface area contributed by atoms with Gasteiger partial charge in [-0.15, -0.1) is 10.2 Å². The van der Waals surface area contributed by atoms with E-state index in [0.29, 0.717) is 36.4 Å². The number of sulfonamides is 1. The van der Waals surface area contributed by atoms with E-state index in [0.717, 1.165) is 12.8 Å². The van der Waals surface area contributed by atoms with Crippen molar-refractivity contribution in [2.75, 3.05) is 20.2 Å². The minimum absolute atomic E-state index is 0.148. The van der Waals surface area contributed by atoms with E-state index >= 15 is 0 Å². The Morgan fingerprint density at radius 2 is 1.83 bits per heavy atom. The molecular weight excluding hydrogens is 406 g/mol. The molecular formula is C21H23N3O5S. The molecule has 30 heavy (non-hydrogen) atoms. The molecule has 1 aliphatic rings. The van der Waals surface area contributed by atoms with Crippen molar-refractivity contribution in [1.82, 2.24) is 14.5 Å². The minimum Gasteiger partial charge on any atom is -0.497 e. The molecule has 4 rings (SSSR count). The van der Waals surface area contributed by atoms with Gasteiger partial charge < -0.3 is 13.9 Å². The summed E-state index contributed by atoms with van der Waals surface area (Å²) in [5, 5.41) is 8.18. The largest absolute Gasteiger partial charge is 0.497 e. The first-order chi connectivity index (χ1) is 14.6. The molecule has 0 bridgehead atoms. The number of piperidine rings is 1. The van der Waals surface area contributed by atoms with Crippen molar-refractivity contribution in [3.8, 4) is 11.5 Å². The fourth-order valence-corrected chi connectivity index (χ4v) is 4.93. The zero-order chi connectivity index (χ0) is 21.0. The van der Waals surface area contributed by atoms with E-state index in [9.17, 15) is 8.42 Å². The van der Waals surface area contributed by atoms with Crippen molar-refractivity contribution < 1.29 is 22.3 Å². The van der Waals surface area contributed by atoms with Gasteiger partial charge >= 0.3 is 0 Å². The average molecular weight is 429 g/mol. The first kappa shape index (κ1) is 20.4. The van der Waals surface area contributed by atoms with Crippen molar-refractivity contribution in [2.45, 2.75) is 30.3 Å². The SMILES string of the molecule is COc1ccc(S(=O)(=O)N2CCCC(c3nnc(COc4ccccc4)o3)C2)cc1. The molecule has 1 unspecified atom stereocenters. The maximum atomic E-state index is 13.0. The van der Waals surface area contributed by atoms with Gasteiger partial charge in [-0.25, -0.2) is 8.42 Å². The Morgan fingerprint density at radius 3 is 2.57 bits per heavy atom. The predicted octanol–water partition coefficient (Wildman–Crippen LogP) is 3.23. The summed E-state index contributed by atoms with van der Waals surface area (Å²) >= 11 is 0. The molecule has 2 aromatic carbocycles. The van der Waals surface area contributed by atoms with Crippen LogP contribution in [0.1, 0.15) is 30.5 Å². The van der Waals surface area contributed by atoms with Gasteiger partial charge in [-0.05, 0) is 49.2 Å². The molecule has 1 fully saturated rings. The molecule has 1 saturated heterocycles. The lowest BCUT2D eigenvalue weighted by molar-refractivity contribution is 0.243. The molecule has 1 aliphatic heterocycles. The molecule has 0 saturated carbocycles. The lowest BCUT2D eigenvalue weighted by Crippen LogP contribution is -2.39. The van der Waals surface area contributed by atoms with Crippen LogP contribution >= 0.6 is 0 Å². The maximum Gasteiger partial charge on any atom is 0.253 e. The highest BCUT2D eigenvalue weighted by atomic mass is 32.2. The number of para-hydroxylation sites is 1. The highest BCUT2D eigenvalue weighted by Crippen LogP contribution is 2.30. The smallest absolute Gasteiger partial charge is 0.253 e. The molecule has 0 N–H and O–H groups in total. The van der Waals surface area contributed by atoms with E-state index in [1.807, 2.05) is 30.3 Å². The lowest BCUT2D eigenvalue weighted by Gasteiger charge is -2.30. The Labute approximate surface area is 175 Å². The van der Waals surface area contributed by atoms with Crippen LogP contribution in [0.5, 0.6) is 11.5 Å². The van der Waals surface area contributed by atoms with Gasteiger partial charge in [-0.1, -0.05) is 18.2 Å². The number of nitrogens with zero attached hydrogens (tertiary/aromatic N) is 3. The first-order valence-electron chi connectivity index (χ1n) is 9.70. The molecule has 8 nitrogen and oxygen atoms in total. The van der Waals surface area contributed by atoms with Gasteiger partial charge in [0.1, 0.15) is 11.5 Å². The summed E-state index contributed by atoms with van der Waals surface area (Å²) in [5.74, 6) is 1.98. The standard InChI is InChI=1S/C21H23N3O5S/c1-27-17-9-11-19(12-10-17)30(25,26)24-13-5-6-16(14-24)21-23-22-20(29-21)15-28-18-7-3-2-4-8-18/h2-4,7-12,16H,5-6,13-15H2,1H3. The topological polar surface area (TPSA) is 94.8 Å². The van der Waals surface area contributed by atoms with Crippen LogP contribution in [-0.4, -0.2) is 43.1 Å². The van der Waals surface area contributed by atoms with Gasteiger partial charge in [-0.2, -0.15) is 4.31 Å². The molecule has 0 radical (unpaired) electrons. The van der Waals surface area contributed by atoms with Crippen LogP contribution in [0, 0.1) is 0 Å². The number of hydrogen-bond donors (Lipinski definition) is 0. The van der Waals surface area contributed by atoms with Crippen molar-refractivity contribution >= 4 is 10.0 Å². The third-order valence-electron chi connectivity index (χ3n) is 5.02. The van der Waals surface area contributed by atoms with Crippen LogP contribution < -0.4 is 9.47 Å². The summed E-state index contributed by atoms with van der Waals surface area (Å²) in [4.78, 5) is 0.242. The summed E-state index contributed by atoms with van der Waals surface area (Å²) < 4.78 is 44.0. The number of rotatable bonds is 7. The first-order valence-corrected chi connectivity index (χ1v) is 11.1. The Kier molecular flexibility index (Phi) is 6.01. The maximum absolute atomic E-state index is 13.0. The van der Waals surface area contributed by atoms with Crippen LogP contribution in [0.25, 0.3) is 0 Å². The second kappa shape index (κ2) is 8.85. The Bertz CT molecular complexity index is 1070. The number of ether oxygens (including phenoxy) is 2. The van der Waals surface area contributed by atoms with Gasteiger partial charge in [0.15, 0.2) is 6.61 Å². The van der Waals surface area contributed by atoms with Gasteiger partial charge in [0.25, 0.3) is 5.89 Å². The Hall–Kier alpha value is -2.91. The highest BCUT2D eigenvalue weighted by Gasteiger charge is 2.33. The minimum atomic E-state index is -3.60. The normalized spacial score (nSPS) is 17.6. The van der Waals surface area contributed by atoms with Gasteiger partial charge in [0.05, 0.1) is 17.9 Å². The van der Waals surface area contributed by atoms with E-state index in [1.54, 1.807) is 31.4 Å². The van der Waals surface area contributed by atoms with Crippen LogP contribution in [-0.2, 0) is 16.6 Å². The molecule has 1 aromatic heterocycles. The van der Waals surface area contributed by atoms with Crippen LogP contribution in [0.2, 0.25) is 0 Å².